The van der Waals surface area contributed by atoms with Gasteiger partial charge >= 0.3 is 0 Å². The van der Waals surface area contributed by atoms with Crippen molar-refractivity contribution < 1.29 is 18.4 Å². The molecule has 1 fully saturated rings. The molecule has 0 spiro atoms. The molecule has 3 unspecified atom stereocenters. The van der Waals surface area contributed by atoms with Gasteiger partial charge < -0.3 is 10.6 Å². The lowest BCUT2D eigenvalue weighted by molar-refractivity contribution is -0.127. The van der Waals surface area contributed by atoms with E-state index in [0.717, 1.165) is 10.0 Å². The fraction of sp³-hybridized carbons (Fsp3) is 0.286. The van der Waals surface area contributed by atoms with E-state index in [1.165, 1.54) is 24.3 Å². The first kappa shape index (κ1) is 26.3. The Hall–Kier alpha value is -2.77. The lowest BCUT2D eigenvalue weighted by Gasteiger charge is -2.37. The third-order valence-corrected chi connectivity index (χ3v) is 7.44. The van der Waals surface area contributed by atoms with Crippen molar-refractivity contribution in [2.75, 3.05) is 5.88 Å². The number of halogens is 4. The fourth-order valence-corrected chi connectivity index (χ4v) is 5.22. The lowest BCUT2D eigenvalue weighted by atomic mass is 9.73. The number of carbonyl (C=O) groups is 2. The average molecular weight is 576 g/mol. The first-order valence-electron chi connectivity index (χ1n) is 11.8. The Morgan fingerprint density at radius 1 is 0.889 bits per heavy atom. The molecule has 2 amide bonds. The van der Waals surface area contributed by atoms with Crippen LogP contribution >= 0.6 is 27.5 Å². The Bertz CT molecular complexity index is 1140. The smallest absolute Gasteiger partial charge is 0.235 e. The van der Waals surface area contributed by atoms with E-state index in [-0.39, 0.29) is 47.2 Å². The number of hydrogen-bond acceptors (Lipinski definition) is 2. The van der Waals surface area contributed by atoms with E-state index < -0.39 is 6.04 Å². The molecule has 0 aliphatic heterocycles. The van der Waals surface area contributed by atoms with Crippen LogP contribution in [0.4, 0.5) is 8.78 Å². The van der Waals surface area contributed by atoms with Crippen LogP contribution in [0.1, 0.15) is 47.9 Å². The van der Waals surface area contributed by atoms with Crippen molar-refractivity contribution in [1.82, 2.24) is 10.6 Å². The summed E-state index contributed by atoms with van der Waals surface area (Å²) in [6, 6.07) is 19.0. The monoisotopic (exact) mass is 574 g/mol. The van der Waals surface area contributed by atoms with E-state index in [2.05, 4.69) is 26.6 Å². The van der Waals surface area contributed by atoms with Gasteiger partial charge in [-0.15, -0.1) is 11.6 Å². The van der Waals surface area contributed by atoms with E-state index in [9.17, 15) is 18.4 Å². The second-order valence-corrected chi connectivity index (χ2v) is 10.2. The normalized spacial score (nSPS) is 19.6. The van der Waals surface area contributed by atoms with Crippen molar-refractivity contribution in [3.05, 3.63) is 106 Å². The van der Waals surface area contributed by atoms with Gasteiger partial charge in [-0.1, -0.05) is 52.3 Å². The van der Waals surface area contributed by atoms with Crippen molar-refractivity contribution in [3.8, 4) is 0 Å². The minimum Gasteiger partial charge on any atom is -0.352 e. The van der Waals surface area contributed by atoms with Crippen LogP contribution in [0, 0.1) is 17.6 Å². The molecule has 188 valence electrons. The van der Waals surface area contributed by atoms with Gasteiger partial charge in [0.2, 0.25) is 11.8 Å². The zero-order chi connectivity index (χ0) is 25.7. The van der Waals surface area contributed by atoms with Crippen molar-refractivity contribution in [1.29, 1.82) is 0 Å². The molecule has 3 aromatic carbocycles. The highest BCUT2D eigenvalue weighted by molar-refractivity contribution is 9.10. The summed E-state index contributed by atoms with van der Waals surface area (Å²) in [5.74, 6) is -1.73. The molecular weight excluding hydrogens is 550 g/mol. The summed E-state index contributed by atoms with van der Waals surface area (Å²) in [6.45, 7) is 0. The fourth-order valence-electron chi connectivity index (χ4n) is 4.88. The summed E-state index contributed by atoms with van der Waals surface area (Å²) >= 11 is 9.14. The van der Waals surface area contributed by atoms with E-state index in [4.69, 9.17) is 11.6 Å². The molecule has 1 aliphatic carbocycles. The molecule has 1 aliphatic rings. The van der Waals surface area contributed by atoms with Gasteiger partial charge in [-0.3, -0.25) is 9.59 Å². The van der Waals surface area contributed by atoms with E-state index in [1.54, 1.807) is 24.3 Å². The Balaban J connectivity index is 1.61. The van der Waals surface area contributed by atoms with Gasteiger partial charge in [0, 0.05) is 16.4 Å². The van der Waals surface area contributed by atoms with Crippen LogP contribution in [-0.2, 0) is 9.59 Å². The number of hydrogen-bond donors (Lipinski definition) is 2. The third-order valence-electron chi connectivity index (χ3n) is 6.66. The molecule has 0 radical (unpaired) electrons. The summed E-state index contributed by atoms with van der Waals surface area (Å²) in [5, 5.41) is 6.09. The highest BCUT2D eigenvalue weighted by Gasteiger charge is 2.37. The van der Waals surface area contributed by atoms with E-state index >= 15 is 0 Å². The first-order chi connectivity index (χ1) is 17.3. The van der Waals surface area contributed by atoms with Gasteiger partial charge in [0.15, 0.2) is 0 Å². The SMILES string of the molecule is O=C(CCl)NC1CCC(C(=O)NC(c2ccc(F)cc2)c2ccc(F)cc2)C(c2ccc(Br)cc2)C1. The minimum absolute atomic E-state index is 0.0843. The predicted octanol–water partition coefficient (Wildman–Crippen LogP) is 6.24. The number of benzene rings is 3. The van der Waals surface area contributed by atoms with Gasteiger partial charge in [0.25, 0.3) is 0 Å². The number of carbonyl (C=O) groups excluding carboxylic acids is 2. The molecule has 36 heavy (non-hydrogen) atoms. The van der Waals surface area contributed by atoms with Crippen LogP contribution in [0.5, 0.6) is 0 Å². The second-order valence-electron chi connectivity index (χ2n) is 9.02. The summed E-state index contributed by atoms with van der Waals surface area (Å²) < 4.78 is 28.1. The highest BCUT2D eigenvalue weighted by Crippen LogP contribution is 2.39. The van der Waals surface area contributed by atoms with Gasteiger partial charge in [-0.2, -0.15) is 0 Å². The Morgan fingerprint density at radius 3 is 1.97 bits per heavy atom. The molecule has 8 heteroatoms. The van der Waals surface area contributed by atoms with Crippen LogP contribution in [0.15, 0.2) is 77.3 Å². The number of amides is 2. The van der Waals surface area contributed by atoms with Gasteiger partial charge in [0.1, 0.15) is 17.5 Å². The van der Waals surface area contributed by atoms with Crippen LogP contribution in [0.3, 0.4) is 0 Å². The first-order valence-corrected chi connectivity index (χ1v) is 13.1. The number of nitrogens with one attached hydrogen (secondary N) is 2. The van der Waals surface area contributed by atoms with Crippen molar-refractivity contribution in [2.45, 2.75) is 37.3 Å². The second kappa shape index (κ2) is 12.0. The number of alkyl halides is 1. The molecule has 0 heterocycles. The standard InChI is InChI=1S/C28H26BrClF2N2O2/c29-20-7-1-17(2-8-20)25-15-23(33-26(35)16-30)13-14-24(25)28(36)34-27(18-3-9-21(31)10-4-18)19-5-11-22(32)12-6-19/h1-12,23-25,27H,13-16H2,(H,33,35)(H,34,36). The van der Waals surface area contributed by atoms with Crippen molar-refractivity contribution >= 4 is 39.3 Å². The number of rotatable bonds is 7. The Kier molecular flexibility index (Phi) is 8.75. The van der Waals surface area contributed by atoms with E-state index in [0.29, 0.717) is 30.4 Å². The van der Waals surface area contributed by atoms with Crippen LogP contribution in [0.25, 0.3) is 0 Å². The summed E-state index contributed by atoms with van der Waals surface area (Å²) in [5.41, 5.74) is 2.39. The van der Waals surface area contributed by atoms with Crippen LogP contribution in [0.2, 0.25) is 0 Å². The summed E-state index contributed by atoms with van der Waals surface area (Å²) in [4.78, 5) is 25.7. The molecule has 3 atom stereocenters. The maximum Gasteiger partial charge on any atom is 0.235 e. The molecular formula is C28H26BrClF2N2O2. The maximum atomic E-state index is 13.7. The van der Waals surface area contributed by atoms with Crippen LogP contribution in [-0.4, -0.2) is 23.7 Å². The highest BCUT2D eigenvalue weighted by atomic mass is 79.9. The molecule has 3 aromatic rings. The van der Waals surface area contributed by atoms with Gasteiger partial charge in [-0.05, 0) is 78.3 Å². The molecule has 0 saturated heterocycles. The Labute approximate surface area is 222 Å². The molecule has 4 rings (SSSR count). The average Bonchev–Trinajstić information content (AvgIpc) is 2.88. The molecule has 1 saturated carbocycles. The zero-order valence-electron chi connectivity index (χ0n) is 19.4. The molecule has 0 aromatic heterocycles. The quantitative estimate of drug-likeness (QED) is 0.328. The lowest BCUT2D eigenvalue weighted by Crippen LogP contribution is -2.45. The third kappa shape index (κ3) is 6.51. The van der Waals surface area contributed by atoms with Crippen LogP contribution < -0.4 is 10.6 Å². The van der Waals surface area contributed by atoms with Crippen molar-refractivity contribution in [3.63, 3.8) is 0 Å². The van der Waals surface area contributed by atoms with Crippen molar-refractivity contribution in [2.24, 2.45) is 5.92 Å². The Morgan fingerprint density at radius 2 is 1.44 bits per heavy atom. The molecule has 2 N–H and O–H groups in total. The summed E-state index contributed by atoms with van der Waals surface area (Å²) in [6.07, 6.45) is 1.81. The predicted molar refractivity (Wildman–Crippen MR) is 140 cm³/mol. The van der Waals surface area contributed by atoms with E-state index in [1.807, 2.05) is 24.3 Å². The molecule has 0 bridgehead atoms. The maximum absolute atomic E-state index is 13.7. The molecule has 4 nitrogen and oxygen atoms in total. The van der Waals surface area contributed by atoms with Gasteiger partial charge in [0.05, 0.1) is 6.04 Å². The zero-order valence-corrected chi connectivity index (χ0v) is 21.7. The largest absolute Gasteiger partial charge is 0.352 e. The van der Waals surface area contributed by atoms with Gasteiger partial charge in [-0.25, -0.2) is 8.78 Å². The summed E-state index contributed by atoms with van der Waals surface area (Å²) in [7, 11) is 0. The minimum atomic E-state index is -0.571. The topological polar surface area (TPSA) is 58.2 Å².